The van der Waals surface area contributed by atoms with Gasteiger partial charge in [-0.05, 0) is 36.0 Å². The molecule has 1 aromatic heterocycles. The predicted molar refractivity (Wildman–Crippen MR) is 77.0 cm³/mol. The van der Waals surface area contributed by atoms with Crippen LogP contribution in [0, 0.1) is 4.02 Å². The molecule has 0 amide bonds. The lowest BCUT2D eigenvalue weighted by molar-refractivity contribution is 0.476. The molecule has 1 N–H and O–H groups in total. The number of fused-ring (bicyclic) bond motifs is 1. The molecule has 3 aromatic rings. The molecule has 0 atom stereocenters. The topological polar surface area (TPSA) is 33.4 Å². The summed E-state index contributed by atoms with van der Waals surface area (Å²) in [6.45, 7) is 0. The number of halogens is 1. The molecule has 0 unspecified atom stereocenters. The van der Waals surface area contributed by atoms with Gasteiger partial charge in [-0.3, -0.25) is 0 Å². The van der Waals surface area contributed by atoms with Crippen molar-refractivity contribution in [1.82, 2.24) is 0 Å². The predicted octanol–water partition coefficient (Wildman–Crippen LogP) is 5.25. The lowest BCUT2D eigenvalue weighted by Crippen LogP contribution is -1.78. The van der Waals surface area contributed by atoms with E-state index in [0.29, 0.717) is 14.6 Å². The minimum absolute atomic E-state index is 0.194. The van der Waals surface area contributed by atoms with E-state index in [1.54, 1.807) is 24.3 Å². The molecule has 0 bridgehead atoms. The summed E-state index contributed by atoms with van der Waals surface area (Å²) < 4.78 is 6.82. The zero-order chi connectivity index (χ0) is 12.7. The van der Waals surface area contributed by atoms with Crippen molar-refractivity contribution in [3.63, 3.8) is 0 Å². The van der Waals surface area contributed by atoms with E-state index in [9.17, 15) is 5.11 Å². The molecule has 5 heteroatoms. The number of aromatic hydroxyl groups is 1. The summed E-state index contributed by atoms with van der Waals surface area (Å²) in [5.41, 5.74) is 2.44. The van der Waals surface area contributed by atoms with Crippen molar-refractivity contribution < 1.29 is 9.52 Å². The second-order valence-corrected chi connectivity index (χ2v) is 5.86. The molecule has 0 radical (unpaired) electrons. The standard InChI is InChI=1S/C13H7ClO2S2/c14-8-3-1-7(2-4-8)10-5-9(15)6-11-12(10)16-13(17)18-11/h1-6,15H. The minimum Gasteiger partial charge on any atom is -0.508 e. The van der Waals surface area contributed by atoms with Crippen molar-refractivity contribution >= 4 is 45.4 Å². The van der Waals surface area contributed by atoms with Gasteiger partial charge in [-0.25, -0.2) is 0 Å². The SMILES string of the molecule is Oc1cc(-c2ccc(Cl)cc2)c2oc(=S)sc2c1. The van der Waals surface area contributed by atoms with E-state index in [2.05, 4.69) is 0 Å². The number of benzene rings is 2. The normalized spacial score (nSPS) is 10.9. The van der Waals surface area contributed by atoms with E-state index in [0.717, 1.165) is 15.8 Å². The number of hydrogen-bond acceptors (Lipinski definition) is 4. The molecular weight excluding hydrogens is 288 g/mol. The van der Waals surface area contributed by atoms with Crippen LogP contribution in [0.4, 0.5) is 0 Å². The Bertz CT molecular complexity index is 772. The lowest BCUT2D eigenvalue weighted by atomic mass is 10.0. The molecule has 0 aliphatic rings. The average Bonchev–Trinajstić information content (AvgIpc) is 2.69. The van der Waals surface area contributed by atoms with E-state index in [4.69, 9.17) is 28.2 Å². The van der Waals surface area contributed by atoms with Crippen LogP contribution in [0.2, 0.25) is 5.02 Å². The monoisotopic (exact) mass is 294 g/mol. The fraction of sp³-hybridized carbons (Fsp3) is 0. The maximum absolute atomic E-state index is 9.74. The van der Waals surface area contributed by atoms with Crippen LogP contribution in [0.3, 0.4) is 0 Å². The third kappa shape index (κ3) is 2.03. The van der Waals surface area contributed by atoms with E-state index in [1.807, 2.05) is 12.1 Å². The van der Waals surface area contributed by atoms with Crippen molar-refractivity contribution in [1.29, 1.82) is 0 Å². The van der Waals surface area contributed by atoms with Crippen LogP contribution >= 0.6 is 35.2 Å². The van der Waals surface area contributed by atoms with Crippen molar-refractivity contribution in [2.24, 2.45) is 0 Å². The van der Waals surface area contributed by atoms with E-state index >= 15 is 0 Å². The van der Waals surface area contributed by atoms with Crippen LogP contribution in [0.15, 0.2) is 40.8 Å². The fourth-order valence-corrected chi connectivity index (χ4v) is 3.01. The molecule has 0 fully saturated rings. The molecule has 3 rings (SSSR count). The number of phenolic OH excluding ortho intramolecular Hbond substituents is 1. The highest BCUT2D eigenvalue weighted by Gasteiger charge is 2.10. The first-order valence-corrected chi connectivity index (χ1v) is 6.76. The van der Waals surface area contributed by atoms with Gasteiger partial charge in [0.2, 0.25) is 4.02 Å². The van der Waals surface area contributed by atoms with Crippen molar-refractivity contribution in [3.8, 4) is 16.9 Å². The fourth-order valence-electron chi connectivity index (χ4n) is 1.81. The van der Waals surface area contributed by atoms with Gasteiger partial charge in [0.05, 0.1) is 4.70 Å². The van der Waals surface area contributed by atoms with Gasteiger partial charge in [-0.1, -0.05) is 35.1 Å². The quantitative estimate of drug-likeness (QED) is 0.622. The Balaban J connectivity index is 2.33. The molecule has 0 spiro atoms. The molecule has 90 valence electrons. The molecule has 0 saturated heterocycles. The second-order valence-electron chi connectivity index (χ2n) is 3.78. The highest BCUT2D eigenvalue weighted by atomic mass is 35.5. The Kier molecular flexibility index (Phi) is 2.86. The van der Waals surface area contributed by atoms with E-state index < -0.39 is 0 Å². The van der Waals surface area contributed by atoms with Crippen molar-refractivity contribution in [3.05, 3.63) is 45.4 Å². The van der Waals surface area contributed by atoms with Gasteiger partial charge >= 0.3 is 0 Å². The number of phenols is 1. The summed E-state index contributed by atoms with van der Waals surface area (Å²) >= 11 is 12.2. The lowest BCUT2D eigenvalue weighted by Gasteiger charge is -2.03. The summed E-state index contributed by atoms with van der Waals surface area (Å²) in [4.78, 5) is 0. The zero-order valence-corrected chi connectivity index (χ0v) is 11.4. The number of rotatable bonds is 1. The Morgan fingerprint density at radius 1 is 1.17 bits per heavy atom. The minimum atomic E-state index is 0.194. The highest BCUT2D eigenvalue weighted by Crippen LogP contribution is 2.36. The summed E-state index contributed by atoms with van der Waals surface area (Å²) in [7, 11) is 0. The van der Waals surface area contributed by atoms with Crippen LogP contribution in [-0.4, -0.2) is 5.11 Å². The van der Waals surface area contributed by atoms with Gasteiger partial charge in [-0.15, -0.1) is 0 Å². The average molecular weight is 295 g/mol. The molecule has 1 heterocycles. The molecule has 0 saturated carbocycles. The maximum Gasteiger partial charge on any atom is 0.248 e. The van der Waals surface area contributed by atoms with Crippen LogP contribution in [0.5, 0.6) is 5.75 Å². The van der Waals surface area contributed by atoms with Gasteiger partial charge in [0, 0.05) is 16.7 Å². The van der Waals surface area contributed by atoms with Crippen LogP contribution in [0.25, 0.3) is 21.4 Å². The first kappa shape index (κ1) is 11.7. The van der Waals surface area contributed by atoms with Crippen molar-refractivity contribution in [2.45, 2.75) is 0 Å². The van der Waals surface area contributed by atoms with Gasteiger partial charge < -0.3 is 9.52 Å². The Hall–Kier alpha value is -1.36. The Morgan fingerprint density at radius 2 is 1.89 bits per heavy atom. The number of hydrogen-bond donors (Lipinski definition) is 1. The molecule has 0 aliphatic carbocycles. The largest absolute Gasteiger partial charge is 0.508 e. The summed E-state index contributed by atoms with van der Waals surface area (Å²) in [6.07, 6.45) is 0. The highest BCUT2D eigenvalue weighted by molar-refractivity contribution is 7.73. The molecule has 2 aromatic carbocycles. The van der Waals surface area contributed by atoms with E-state index in [1.165, 1.54) is 11.3 Å². The van der Waals surface area contributed by atoms with E-state index in [-0.39, 0.29) is 5.75 Å². The first-order chi connectivity index (χ1) is 8.63. The second kappa shape index (κ2) is 4.39. The van der Waals surface area contributed by atoms with Gasteiger partial charge in [-0.2, -0.15) is 0 Å². The Labute approximate surface area is 117 Å². The third-order valence-electron chi connectivity index (χ3n) is 2.57. The molecular formula is C13H7ClO2S2. The van der Waals surface area contributed by atoms with Gasteiger partial charge in [0.25, 0.3) is 0 Å². The summed E-state index contributed by atoms with van der Waals surface area (Å²) in [5, 5.41) is 10.4. The van der Waals surface area contributed by atoms with Crippen molar-refractivity contribution in [2.75, 3.05) is 0 Å². The van der Waals surface area contributed by atoms with Crippen LogP contribution in [0.1, 0.15) is 0 Å². The van der Waals surface area contributed by atoms with Crippen LogP contribution < -0.4 is 0 Å². The maximum atomic E-state index is 9.74. The van der Waals surface area contributed by atoms with Gasteiger partial charge in [0.15, 0.2) is 5.58 Å². The smallest absolute Gasteiger partial charge is 0.248 e. The molecule has 2 nitrogen and oxygen atoms in total. The molecule has 0 aliphatic heterocycles. The van der Waals surface area contributed by atoms with Crippen LogP contribution in [-0.2, 0) is 0 Å². The third-order valence-corrected chi connectivity index (χ3v) is 3.93. The summed E-state index contributed by atoms with van der Waals surface area (Å²) in [5.74, 6) is 0.194. The van der Waals surface area contributed by atoms with Gasteiger partial charge in [0.1, 0.15) is 5.75 Å². The zero-order valence-electron chi connectivity index (χ0n) is 9.01. The first-order valence-electron chi connectivity index (χ1n) is 5.16. The summed E-state index contributed by atoms with van der Waals surface area (Å²) in [6, 6.07) is 10.7. The molecule has 18 heavy (non-hydrogen) atoms. The Morgan fingerprint density at radius 3 is 2.61 bits per heavy atom.